The Balaban J connectivity index is 2.59. The molecule has 0 unspecified atom stereocenters. The van der Waals surface area contributed by atoms with Gasteiger partial charge in [-0.15, -0.1) is 6.58 Å². The smallest absolute Gasteiger partial charge is 0.434 e. The third-order valence-corrected chi connectivity index (χ3v) is 2.36. The van der Waals surface area contributed by atoms with Crippen LogP contribution in [-0.2, 0) is 16.2 Å². The van der Waals surface area contributed by atoms with Crippen molar-refractivity contribution in [2.75, 3.05) is 6.54 Å². The number of hydroxylamine groups is 2. The molecule has 110 valence electrons. The van der Waals surface area contributed by atoms with Gasteiger partial charge in [0.05, 0.1) is 6.54 Å². The van der Waals surface area contributed by atoms with Crippen LogP contribution in [0.1, 0.15) is 32.8 Å². The molecule has 0 saturated carbocycles. The lowest BCUT2D eigenvalue weighted by Crippen LogP contribution is -2.37. The molecule has 0 radical (unpaired) electrons. The summed E-state index contributed by atoms with van der Waals surface area (Å²) < 4.78 is 5.31. The van der Waals surface area contributed by atoms with Crippen molar-refractivity contribution in [3.8, 4) is 0 Å². The Kier molecular flexibility index (Phi) is 6.25. The van der Waals surface area contributed by atoms with Crippen LogP contribution in [0.3, 0.4) is 0 Å². The van der Waals surface area contributed by atoms with Crippen molar-refractivity contribution in [1.29, 1.82) is 0 Å². The molecule has 0 heterocycles. The fourth-order valence-electron chi connectivity index (χ4n) is 1.46. The summed E-state index contributed by atoms with van der Waals surface area (Å²) in [5, 5.41) is 1.25. The summed E-state index contributed by atoms with van der Waals surface area (Å²) in [6.45, 7) is 9.88. The van der Waals surface area contributed by atoms with E-state index in [9.17, 15) is 4.79 Å². The maximum Gasteiger partial charge on any atom is 0.434 e. The first-order valence-corrected chi connectivity index (χ1v) is 6.70. The van der Waals surface area contributed by atoms with E-state index in [4.69, 9.17) is 9.57 Å². The predicted octanol–water partition coefficient (Wildman–Crippen LogP) is 3.93. The van der Waals surface area contributed by atoms with E-state index >= 15 is 0 Å². The van der Waals surface area contributed by atoms with Crippen LogP contribution in [-0.4, -0.2) is 23.3 Å². The van der Waals surface area contributed by atoms with Gasteiger partial charge in [0, 0.05) is 0 Å². The Bertz CT molecular complexity index is 423. The Morgan fingerprint density at radius 3 is 2.50 bits per heavy atom. The maximum atomic E-state index is 12.0. The Hall–Kier alpha value is -1.81. The van der Waals surface area contributed by atoms with Crippen molar-refractivity contribution < 1.29 is 14.4 Å². The van der Waals surface area contributed by atoms with Gasteiger partial charge >= 0.3 is 6.09 Å². The van der Waals surface area contributed by atoms with Crippen molar-refractivity contribution in [1.82, 2.24) is 5.06 Å². The number of benzene rings is 1. The lowest BCUT2D eigenvalue weighted by molar-refractivity contribution is -0.155. The van der Waals surface area contributed by atoms with Crippen LogP contribution >= 0.6 is 0 Å². The zero-order valence-corrected chi connectivity index (χ0v) is 12.5. The van der Waals surface area contributed by atoms with E-state index < -0.39 is 11.7 Å². The topological polar surface area (TPSA) is 38.8 Å². The summed E-state index contributed by atoms with van der Waals surface area (Å²) in [6.07, 6.45) is 1.91. The van der Waals surface area contributed by atoms with Gasteiger partial charge in [-0.2, -0.15) is 5.06 Å². The average Bonchev–Trinajstić information content (AvgIpc) is 2.38. The number of rotatable bonds is 6. The minimum absolute atomic E-state index is 0.331. The largest absolute Gasteiger partial charge is 0.442 e. The summed E-state index contributed by atoms with van der Waals surface area (Å²) in [6, 6.07) is 9.69. The Labute approximate surface area is 120 Å². The number of hydrogen-bond donors (Lipinski definition) is 0. The van der Waals surface area contributed by atoms with Gasteiger partial charge in [-0.25, -0.2) is 4.79 Å². The highest BCUT2D eigenvalue weighted by atomic mass is 16.7. The molecule has 0 aliphatic rings. The molecule has 1 aromatic rings. The third kappa shape index (κ3) is 6.38. The van der Waals surface area contributed by atoms with Gasteiger partial charge in [0.15, 0.2) is 0 Å². The molecule has 0 aliphatic carbocycles. The van der Waals surface area contributed by atoms with Gasteiger partial charge in [-0.1, -0.05) is 36.4 Å². The summed E-state index contributed by atoms with van der Waals surface area (Å²) in [5.74, 6) is 0. The van der Waals surface area contributed by atoms with E-state index in [1.165, 1.54) is 5.06 Å². The van der Waals surface area contributed by atoms with Crippen LogP contribution in [0.25, 0.3) is 0 Å². The third-order valence-electron chi connectivity index (χ3n) is 2.36. The molecular weight excluding hydrogens is 254 g/mol. The number of carbonyl (C=O) groups is 1. The van der Waals surface area contributed by atoms with Gasteiger partial charge in [-0.05, 0) is 32.8 Å². The Morgan fingerprint density at radius 2 is 1.95 bits per heavy atom. The van der Waals surface area contributed by atoms with Crippen molar-refractivity contribution in [2.45, 2.75) is 39.4 Å². The zero-order valence-electron chi connectivity index (χ0n) is 12.5. The van der Waals surface area contributed by atoms with E-state index in [0.29, 0.717) is 19.6 Å². The highest BCUT2D eigenvalue weighted by Crippen LogP contribution is 2.12. The molecule has 1 amide bonds. The summed E-state index contributed by atoms with van der Waals surface area (Å²) in [5.41, 5.74) is 0.458. The zero-order chi connectivity index (χ0) is 15.0. The number of ether oxygens (including phenoxy) is 1. The monoisotopic (exact) mass is 277 g/mol. The van der Waals surface area contributed by atoms with Crippen molar-refractivity contribution in [2.24, 2.45) is 0 Å². The van der Waals surface area contributed by atoms with Crippen LogP contribution in [0.5, 0.6) is 0 Å². The second-order valence-corrected chi connectivity index (χ2v) is 5.42. The molecule has 4 heteroatoms. The van der Waals surface area contributed by atoms with Gasteiger partial charge in [0.2, 0.25) is 0 Å². The van der Waals surface area contributed by atoms with Crippen molar-refractivity contribution in [3.63, 3.8) is 0 Å². The highest BCUT2D eigenvalue weighted by Gasteiger charge is 2.22. The first-order chi connectivity index (χ1) is 9.42. The molecule has 0 spiro atoms. The normalized spacial score (nSPS) is 10.9. The number of amides is 1. The van der Waals surface area contributed by atoms with E-state index in [1.807, 2.05) is 51.1 Å². The van der Waals surface area contributed by atoms with Crippen LogP contribution < -0.4 is 0 Å². The minimum Gasteiger partial charge on any atom is -0.442 e. The molecule has 0 atom stereocenters. The number of hydrogen-bond acceptors (Lipinski definition) is 3. The minimum atomic E-state index is -0.542. The number of nitrogens with zero attached hydrogens (tertiary/aromatic N) is 1. The Morgan fingerprint density at radius 1 is 1.30 bits per heavy atom. The second kappa shape index (κ2) is 7.70. The molecule has 0 fully saturated rings. The number of carbonyl (C=O) groups excluding carboxylic acids is 1. The lowest BCUT2D eigenvalue weighted by Gasteiger charge is -2.26. The standard InChI is InChI=1S/C16H23NO3/c1-5-6-12-17(15(18)20-16(2,3)4)19-13-14-10-8-7-9-11-14/h5,7-11H,1,6,12-13H2,2-4H3. The molecule has 4 nitrogen and oxygen atoms in total. The summed E-state index contributed by atoms with van der Waals surface area (Å²) in [4.78, 5) is 17.6. The van der Waals surface area contributed by atoms with Gasteiger partial charge in [0.1, 0.15) is 12.2 Å². The first-order valence-electron chi connectivity index (χ1n) is 6.70. The average molecular weight is 277 g/mol. The fraction of sp³-hybridized carbons (Fsp3) is 0.438. The van der Waals surface area contributed by atoms with E-state index in [0.717, 1.165) is 5.56 Å². The highest BCUT2D eigenvalue weighted by molar-refractivity contribution is 5.66. The molecular formula is C16H23NO3. The van der Waals surface area contributed by atoms with Gasteiger partial charge in [-0.3, -0.25) is 4.84 Å². The maximum absolute atomic E-state index is 12.0. The van der Waals surface area contributed by atoms with E-state index in [2.05, 4.69) is 6.58 Å². The van der Waals surface area contributed by atoms with E-state index in [1.54, 1.807) is 6.08 Å². The quantitative estimate of drug-likeness (QED) is 0.584. The lowest BCUT2D eigenvalue weighted by atomic mass is 10.2. The van der Waals surface area contributed by atoms with Crippen molar-refractivity contribution in [3.05, 3.63) is 48.6 Å². The van der Waals surface area contributed by atoms with Gasteiger partial charge < -0.3 is 4.74 Å². The SMILES string of the molecule is C=CCCN(OCc1ccccc1)C(=O)OC(C)(C)C. The fourth-order valence-corrected chi connectivity index (χ4v) is 1.46. The molecule has 0 N–H and O–H groups in total. The molecule has 20 heavy (non-hydrogen) atoms. The predicted molar refractivity (Wildman–Crippen MR) is 79.0 cm³/mol. The summed E-state index contributed by atoms with van der Waals surface area (Å²) in [7, 11) is 0. The molecule has 1 aromatic carbocycles. The van der Waals surface area contributed by atoms with Crippen molar-refractivity contribution >= 4 is 6.09 Å². The molecule has 0 aliphatic heterocycles. The van der Waals surface area contributed by atoms with Gasteiger partial charge in [0.25, 0.3) is 0 Å². The molecule has 0 aromatic heterocycles. The molecule has 1 rings (SSSR count). The second-order valence-electron chi connectivity index (χ2n) is 5.42. The summed E-state index contributed by atoms with van der Waals surface area (Å²) >= 11 is 0. The van der Waals surface area contributed by atoms with Crippen LogP contribution in [0, 0.1) is 0 Å². The van der Waals surface area contributed by atoms with Crippen LogP contribution in [0.4, 0.5) is 4.79 Å². The molecule has 0 bridgehead atoms. The first kappa shape index (κ1) is 16.2. The van der Waals surface area contributed by atoms with Crippen LogP contribution in [0.15, 0.2) is 43.0 Å². The molecule has 0 saturated heterocycles. The van der Waals surface area contributed by atoms with E-state index in [-0.39, 0.29) is 0 Å². The van der Waals surface area contributed by atoms with Crippen LogP contribution in [0.2, 0.25) is 0 Å².